The second kappa shape index (κ2) is 6.96. The van der Waals surface area contributed by atoms with Gasteiger partial charge in [-0.2, -0.15) is 0 Å². The Morgan fingerprint density at radius 3 is 2.37 bits per heavy atom. The molecule has 0 aliphatic heterocycles. The Morgan fingerprint density at radius 1 is 1.19 bits per heavy atom. The van der Waals surface area contributed by atoms with E-state index in [1.54, 1.807) is 12.1 Å². The zero-order chi connectivity index (χ0) is 20.0. The molecule has 1 unspecified atom stereocenters. The molecular weight excluding hydrogens is 414 g/mol. The van der Waals surface area contributed by atoms with Gasteiger partial charge in [-0.05, 0) is 37.5 Å². The molecule has 1 aromatic heterocycles. The second-order valence-corrected chi connectivity index (χ2v) is 10.8. The molecule has 0 saturated heterocycles. The van der Waals surface area contributed by atoms with Crippen LogP contribution in [0, 0.1) is 12.8 Å². The van der Waals surface area contributed by atoms with E-state index in [2.05, 4.69) is 0 Å². The number of aromatic nitrogens is 1. The molecule has 0 N–H and O–H groups in total. The molecule has 1 aliphatic rings. The minimum atomic E-state index is -4.15. The van der Waals surface area contributed by atoms with Gasteiger partial charge in [0.1, 0.15) is 4.90 Å². The smallest absolute Gasteiger partial charge is 0.309 e. The number of methoxy groups -OCH3 is 1. The number of hydrogen-bond acceptors (Lipinski definition) is 6. The average molecular weight is 432 g/mol. The van der Waals surface area contributed by atoms with Gasteiger partial charge in [-0.25, -0.2) is 20.8 Å². The van der Waals surface area contributed by atoms with Crippen LogP contribution < -0.4 is 0 Å². The minimum absolute atomic E-state index is 0.0182. The molecule has 0 radical (unpaired) electrons. The van der Waals surface area contributed by atoms with E-state index in [-0.39, 0.29) is 28.3 Å². The third kappa shape index (κ3) is 3.63. The van der Waals surface area contributed by atoms with Crippen molar-refractivity contribution in [1.29, 1.82) is 0 Å². The van der Waals surface area contributed by atoms with Crippen LogP contribution in [0.15, 0.2) is 40.3 Å². The van der Waals surface area contributed by atoms with Gasteiger partial charge in [0.05, 0.1) is 17.9 Å². The van der Waals surface area contributed by atoms with Crippen molar-refractivity contribution in [2.45, 2.75) is 36.0 Å². The van der Waals surface area contributed by atoms with Crippen LogP contribution >= 0.6 is 10.7 Å². The van der Waals surface area contributed by atoms with Gasteiger partial charge in [-0.1, -0.05) is 17.7 Å². The molecule has 1 heterocycles. The van der Waals surface area contributed by atoms with Gasteiger partial charge in [0.2, 0.25) is 0 Å². The molecule has 27 heavy (non-hydrogen) atoms. The van der Waals surface area contributed by atoms with E-state index >= 15 is 0 Å². The lowest BCUT2D eigenvalue weighted by Gasteiger charge is -2.22. The number of carbonyl (C=O) groups is 1. The predicted octanol–water partition coefficient (Wildman–Crippen LogP) is 2.24. The number of nitrogens with zero attached hydrogens (tertiary/aromatic N) is 1. The van der Waals surface area contributed by atoms with E-state index in [1.807, 2.05) is 6.92 Å². The average Bonchev–Trinajstić information content (AvgIpc) is 3.01. The maximum atomic E-state index is 13.1. The van der Waals surface area contributed by atoms with Crippen molar-refractivity contribution in [3.8, 4) is 0 Å². The van der Waals surface area contributed by atoms with Crippen LogP contribution in [0.5, 0.6) is 0 Å². The topological polar surface area (TPSA) is 99.5 Å². The Kier molecular flexibility index (Phi) is 5.13. The van der Waals surface area contributed by atoms with E-state index in [1.165, 1.54) is 19.2 Å². The number of hydrogen-bond donors (Lipinski definition) is 0. The lowest BCUT2D eigenvalue weighted by molar-refractivity contribution is -0.145. The SMILES string of the molecule is COC(=O)C1CCc2c(S(=O)(=O)Cl)cn(S(=O)(=O)c3ccc(C)cc3)c2C1. The number of halogens is 1. The molecule has 0 amide bonds. The summed E-state index contributed by atoms with van der Waals surface area (Å²) in [6.45, 7) is 1.83. The summed E-state index contributed by atoms with van der Waals surface area (Å²) in [7, 11) is -1.41. The summed E-state index contributed by atoms with van der Waals surface area (Å²) in [6.07, 6.45) is 1.65. The highest BCUT2D eigenvalue weighted by Crippen LogP contribution is 2.36. The number of carbonyl (C=O) groups excluding carboxylic acids is 1. The molecule has 1 aliphatic carbocycles. The van der Waals surface area contributed by atoms with Gasteiger partial charge in [-0.3, -0.25) is 4.79 Å². The maximum absolute atomic E-state index is 13.1. The highest BCUT2D eigenvalue weighted by Gasteiger charge is 2.35. The monoisotopic (exact) mass is 431 g/mol. The van der Waals surface area contributed by atoms with Gasteiger partial charge in [0, 0.05) is 29.0 Å². The van der Waals surface area contributed by atoms with Gasteiger partial charge < -0.3 is 4.74 Å². The third-order valence-electron chi connectivity index (χ3n) is 4.70. The quantitative estimate of drug-likeness (QED) is 0.543. The normalized spacial score (nSPS) is 17.4. The summed E-state index contributed by atoms with van der Waals surface area (Å²) in [5, 5.41) is 0. The van der Waals surface area contributed by atoms with Crippen molar-refractivity contribution in [3.63, 3.8) is 0 Å². The molecule has 10 heteroatoms. The van der Waals surface area contributed by atoms with E-state index in [0.29, 0.717) is 12.0 Å². The Balaban J connectivity index is 2.20. The van der Waals surface area contributed by atoms with Crippen LogP contribution in [0.4, 0.5) is 0 Å². The Bertz CT molecular complexity index is 1100. The van der Waals surface area contributed by atoms with Crippen molar-refractivity contribution in [3.05, 3.63) is 47.3 Å². The first-order valence-corrected chi connectivity index (χ1v) is 11.9. The summed E-state index contributed by atoms with van der Waals surface area (Å²) < 4.78 is 55.8. The molecule has 7 nitrogen and oxygen atoms in total. The fourth-order valence-corrected chi connectivity index (χ4v) is 5.93. The zero-order valence-electron chi connectivity index (χ0n) is 14.7. The van der Waals surface area contributed by atoms with Crippen LogP contribution in [-0.2, 0) is 41.4 Å². The first kappa shape index (κ1) is 19.9. The summed E-state index contributed by atoms with van der Waals surface area (Å²) in [4.78, 5) is 11.7. The Hall–Kier alpha value is -1.84. The number of aryl methyl sites for hydroxylation is 1. The molecule has 0 spiro atoms. The summed E-state index contributed by atoms with van der Waals surface area (Å²) in [6, 6.07) is 6.21. The number of ether oxygens (including phenoxy) is 1. The van der Waals surface area contributed by atoms with Crippen LogP contribution in [0.3, 0.4) is 0 Å². The second-order valence-electron chi connectivity index (χ2n) is 6.43. The molecule has 1 aromatic carbocycles. The van der Waals surface area contributed by atoms with Gasteiger partial charge in [0.25, 0.3) is 19.1 Å². The third-order valence-corrected chi connectivity index (χ3v) is 7.79. The largest absolute Gasteiger partial charge is 0.469 e. The Morgan fingerprint density at radius 2 is 1.81 bits per heavy atom. The number of rotatable bonds is 4. The molecule has 146 valence electrons. The first-order chi connectivity index (χ1) is 12.6. The minimum Gasteiger partial charge on any atom is -0.469 e. The van der Waals surface area contributed by atoms with Crippen LogP contribution in [0.2, 0.25) is 0 Å². The van der Waals surface area contributed by atoms with Crippen molar-refractivity contribution < 1.29 is 26.4 Å². The van der Waals surface area contributed by atoms with Gasteiger partial charge >= 0.3 is 5.97 Å². The van der Waals surface area contributed by atoms with Crippen molar-refractivity contribution in [2.24, 2.45) is 5.92 Å². The molecule has 3 rings (SSSR count). The first-order valence-electron chi connectivity index (χ1n) is 8.13. The van der Waals surface area contributed by atoms with Crippen LogP contribution in [0.1, 0.15) is 23.2 Å². The van der Waals surface area contributed by atoms with Crippen LogP contribution in [0.25, 0.3) is 0 Å². The molecule has 0 fully saturated rings. The fourth-order valence-electron chi connectivity index (χ4n) is 3.29. The summed E-state index contributed by atoms with van der Waals surface area (Å²) in [5.41, 5.74) is 1.47. The van der Waals surface area contributed by atoms with Gasteiger partial charge in [0.15, 0.2) is 0 Å². The highest BCUT2D eigenvalue weighted by molar-refractivity contribution is 8.13. The van der Waals surface area contributed by atoms with Crippen molar-refractivity contribution in [1.82, 2.24) is 3.97 Å². The van der Waals surface area contributed by atoms with Crippen LogP contribution in [-0.4, -0.2) is 33.9 Å². The molecule has 1 atom stereocenters. The lowest BCUT2D eigenvalue weighted by atomic mass is 9.88. The highest BCUT2D eigenvalue weighted by atomic mass is 35.7. The van der Waals surface area contributed by atoms with E-state index < -0.39 is 31.0 Å². The van der Waals surface area contributed by atoms with Crippen molar-refractivity contribution >= 4 is 35.7 Å². The maximum Gasteiger partial charge on any atom is 0.309 e. The molecule has 2 aromatic rings. The van der Waals surface area contributed by atoms with E-state index in [9.17, 15) is 21.6 Å². The number of benzene rings is 1. The zero-order valence-corrected chi connectivity index (χ0v) is 17.1. The molecular formula is C17H18ClNO6S2. The number of esters is 1. The molecule has 0 bridgehead atoms. The van der Waals surface area contributed by atoms with E-state index in [4.69, 9.17) is 15.4 Å². The Labute approximate surface area is 162 Å². The lowest BCUT2D eigenvalue weighted by Crippen LogP contribution is -2.26. The van der Waals surface area contributed by atoms with Gasteiger partial charge in [-0.15, -0.1) is 0 Å². The fraction of sp³-hybridized carbons (Fsp3) is 0.353. The summed E-state index contributed by atoms with van der Waals surface area (Å²) in [5.74, 6) is -1.01. The standard InChI is InChI=1S/C17H18ClNO6S2/c1-11-3-6-13(7-4-11)27(23,24)19-10-16(26(18,21)22)14-8-5-12(9-15(14)19)17(20)25-2/h3-4,6-7,10,12H,5,8-9H2,1-2H3. The predicted molar refractivity (Wildman–Crippen MR) is 98.8 cm³/mol. The molecule has 0 saturated carbocycles. The summed E-state index contributed by atoms with van der Waals surface area (Å²) >= 11 is 0. The van der Waals surface area contributed by atoms with Crippen molar-refractivity contribution in [2.75, 3.05) is 7.11 Å². The number of fused-ring (bicyclic) bond motifs is 1. The van der Waals surface area contributed by atoms with E-state index in [0.717, 1.165) is 15.7 Å².